The van der Waals surface area contributed by atoms with E-state index >= 15 is 0 Å². The fraction of sp³-hybridized carbons (Fsp3) is 0.167. The summed E-state index contributed by atoms with van der Waals surface area (Å²) in [7, 11) is 1.51. The summed E-state index contributed by atoms with van der Waals surface area (Å²) in [5, 5.41) is 11.2. The van der Waals surface area contributed by atoms with Crippen LogP contribution in [0.4, 0.5) is 14.5 Å². The molecule has 0 spiro atoms. The van der Waals surface area contributed by atoms with Crippen molar-refractivity contribution in [2.45, 2.75) is 19.9 Å². The van der Waals surface area contributed by atoms with E-state index in [4.69, 9.17) is 9.15 Å². The van der Waals surface area contributed by atoms with Gasteiger partial charge in [-0.1, -0.05) is 0 Å². The molecule has 1 aliphatic heterocycles. The maximum atomic E-state index is 14.6. The van der Waals surface area contributed by atoms with Crippen LogP contribution in [0.1, 0.15) is 28.5 Å². The molecule has 2 heterocycles. The number of Topliss-reactive ketones (excluding diaryl/α,β-unsaturated/α-hetero) is 1. The lowest BCUT2D eigenvalue weighted by Gasteiger charge is -2.24. The molecule has 1 saturated heterocycles. The summed E-state index contributed by atoms with van der Waals surface area (Å²) in [6.45, 7) is 3.47. The third kappa shape index (κ3) is 3.33. The number of halogens is 2. The number of furan rings is 1. The second-order valence-electron chi connectivity index (χ2n) is 7.42. The minimum atomic E-state index is -1.29. The predicted octanol–water partition coefficient (Wildman–Crippen LogP) is 4.81. The molecule has 6 nitrogen and oxygen atoms in total. The number of hydrogen-bond acceptors (Lipinski definition) is 5. The molecule has 2 aromatic carbocycles. The van der Waals surface area contributed by atoms with Crippen molar-refractivity contribution in [3.05, 3.63) is 88.4 Å². The minimum Gasteiger partial charge on any atom is -0.507 e. The Balaban J connectivity index is 1.98. The van der Waals surface area contributed by atoms with Gasteiger partial charge in [0.15, 0.2) is 0 Å². The number of aliphatic hydroxyl groups excluding tert-OH is 1. The number of ketones is 1. The number of benzene rings is 2. The summed E-state index contributed by atoms with van der Waals surface area (Å²) in [4.78, 5) is 26.8. The zero-order chi connectivity index (χ0) is 23.2. The van der Waals surface area contributed by atoms with Crippen LogP contribution in [0.25, 0.3) is 5.76 Å². The average molecular weight is 439 g/mol. The van der Waals surface area contributed by atoms with Gasteiger partial charge >= 0.3 is 0 Å². The first-order valence-electron chi connectivity index (χ1n) is 9.69. The molecule has 0 bridgehead atoms. The van der Waals surface area contributed by atoms with Crippen molar-refractivity contribution in [2.24, 2.45) is 0 Å². The Kier molecular flexibility index (Phi) is 5.30. The van der Waals surface area contributed by atoms with Gasteiger partial charge in [-0.25, -0.2) is 8.78 Å². The Bertz CT molecular complexity index is 1260. The number of aliphatic hydroxyl groups is 1. The number of nitrogens with zero attached hydrogens (tertiary/aromatic N) is 1. The summed E-state index contributed by atoms with van der Waals surface area (Å²) in [5.74, 6) is -3.60. The number of aryl methyl sites for hydroxylation is 2. The lowest BCUT2D eigenvalue weighted by Crippen LogP contribution is -2.30. The van der Waals surface area contributed by atoms with Crippen LogP contribution in [-0.4, -0.2) is 23.9 Å². The van der Waals surface area contributed by atoms with Gasteiger partial charge < -0.3 is 14.3 Å². The molecule has 4 rings (SSSR count). The molecule has 0 radical (unpaired) electrons. The van der Waals surface area contributed by atoms with Crippen LogP contribution in [0, 0.1) is 25.5 Å². The molecule has 0 aliphatic carbocycles. The Morgan fingerprint density at radius 3 is 2.50 bits per heavy atom. The van der Waals surface area contributed by atoms with Crippen LogP contribution in [-0.2, 0) is 9.59 Å². The maximum Gasteiger partial charge on any atom is 0.300 e. The van der Waals surface area contributed by atoms with Crippen molar-refractivity contribution in [3.8, 4) is 5.75 Å². The highest BCUT2D eigenvalue weighted by atomic mass is 19.1. The quantitative estimate of drug-likeness (QED) is 0.359. The Morgan fingerprint density at radius 2 is 1.84 bits per heavy atom. The highest BCUT2D eigenvalue weighted by molar-refractivity contribution is 6.51. The average Bonchev–Trinajstić information content (AvgIpc) is 3.38. The second kappa shape index (κ2) is 7.96. The van der Waals surface area contributed by atoms with Crippen LogP contribution >= 0.6 is 0 Å². The molecule has 0 saturated carbocycles. The van der Waals surface area contributed by atoms with E-state index in [0.29, 0.717) is 22.4 Å². The first kappa shape index (κ1) is 21.3. The molecule has 8 heteroatoms. The van der Waals surface area contributed by atoms with E-state index in [1.54, 1.807) is 26.0 Å². The van der Waals surface area contributed by atoms with Crippen LogP contribution in [0.5, 0.6) is 5.75 Å². The molecule has 1 fully saturated rings. The van der Waals surface area contributed by atoms with E-state index in [1.807, 2.05) is 0 Å². The predicted molar refractivity (Wildman–Crippen MR) is 112 cm³/mol. The van der Waals surface area contributed by atoms with Crippen LogP contribution in [0.3, 0.4) is 0 Å². The summed E-state index contributed by atoms with van der Waals surface area (Å²) in [5.41, 5.74) is 0.861. The number of carbonyl (C=O) groups excluding carboxylic acids is 2. The van der Waals surface area contributed by atoms with Gasteiger partial charge in [-0.2, -0.15) is 0 Å². The number of anilines is 1. The van der Waals surface area contributed by atoms with E-state index < -0.39 is 40.8 Å². The molecular formula is C24H19F2NO5. The van der Waals surface area contributed by atoms with E-state index in [2.05, 4.69) is 0 Å². The largest absolute Gasteiger partial charge is 0.507 e. The van der Waals surface area contributed by atoms with Gasteiger partial charge in [0.2, 0.25) is 0 Å². The zero-order valence-corrected chi connectivity index (χ0v) is 17.5. The van der Waals surface area contributed by atoms with E-state index in [9.17, 15) is 23.5 Å². The molecule has 32 heavy (non-hydrogen) atoms. The molecule has 1 amide bonds. The van der Waals surface area contributed by atoms with Crippen molar-refractivity contribution >= 4 is 23.1 Å². The smallest absolute Gasteiger partial charge is 0.300 e. The SMILES string of the molecule is COc1cc(C)c(/C(O)=C2/C(=O)C(=O)N(c3cc(F)ccc3F)C2c2ccco2)cc1C. The lowest BCUT2D eigenvalue weighted by molar-refractivity contribution is -0.132. The zero-order valence-electron chi connectivity index (χ0n) is 17.5. The van der Waals surface area contributed by atoms with Gasteiger partial charge in [-0.15, -0.1) is 0 Å². The molecule has 1 unspecified atom stereocenters. The van der Waals surface area contributed by atoms with E-state index in [-0.39, 0.29) is 11.3 Å². The second-order valence-corrected chi connectivity index (χ2v) is 7.42. The number of rotatable bonds is 4. The van der Waals surface area contributed by atoms with Crippen molar-refractivity contribution in [2.75, 3.05) is 12.0 Å². The van der Waals surface area contributed by atoms with Gasteiger partial charge in [0.25, 0.3) is 11.7 Å². The summed E-state index contributed by atoms with van der Waals surface area (Å²) < 4.78 is 39.2. The molecule has 1 atom stereocenters. The first-order chi connectivity index (χ1) is 15.2. The van der Waals surface area contributed by atoms with Crippen molar-refractivity contribution in [1.29, 1.82) is 0 Å². The van der Waals surface area contributed by atoms with Gasteiger partial charge in [0.05, 0.1) is 24.6 Å². The van der Waals surface area contributed by atoms with E-state index in [0.717, 1.165) is 23.1 Å². The van der Waals surface area contributed by atoms with Gasteiger partial charge in [-0.3, -0.25) is 14.5 Å². The van der Waals surface area contributed by atoms with Gasteiger partial charge in [-0.05, 0) is 61.4 Å². The fourth-order valence-electron chi connectivity index (χ4n) is 3.88. The van der Waals surface area contributed by atoms with Crippen LogP contribution in [0.15, 0.2) is 58.7 Å². The topological polar surface area (TPSA) is 80.0 Å². The monoisotopic (exact) mass is 439 g/mol. The van der Waals surface area contributed by atoms with Gasteiger partial charge in [0, 0.05) is 11.6 Å². The maximum absolute atomic E-state index is 14.6. The summed E-state index contributed by atoms with van der Waals surface area (Å²) in [6, 6.07) is 7.62. The number of hydrogen-bond donors (Lipinski definition) is 1. The van der Waals surface area contributed by atoms with Crippen molar-refractivity contribution in [1.82, 2.24) is 0 Å². The van der Waals surface area contributed by atoms with Crippen molar-refractivity contribution in [3.63, 3.8) is 0 Å². The van der Waals surface area contributed by atoms with E-state index in [1.165, 1.54) is 25.5 Å². The third-order valence-electron chi connectivity index (χ3n) is 5.42. The molecule has 3 aromatic rings. The van der Waals surface area contributed by atoms with Crippen LogP contribution < -0.4 is 9.64 Å². The summed E-state index contributed by atoms with van der Waals surface area (Å²) in [6.07, 6.45) is 1.32. The third-order valence-corrected chi connectivity index (χ3v) is 5.42. The number of amides is 1. The number of methoxy groups -OCH3 is 1. The molecule has 1 aliphatic rings. The number of ether oxygens (including phenoxy) is 1. The fourth-order valence-corrected chi connectivity index (χ4v) is 3.88. The molecule has 1 aromatic heterocycles. The first-order valence-corrected chi connectivity index (χ1v) is 9.69. The molecular weight excluding hydrogens is 420 g/mol. The standard InChI is InChI=1S/C24H19F2NO5/c1-12-10-19(31-3)13(2)9-15(12)22(28)20-21(18-5-4-8-32-18)27(24(30)23(20)29)17-11-14(25)6-7-16(17)26/h4-11,21,28H,1-3H3/b22-20-. The molecule has 1 N–H and O–H groups in total. The van der Waals surface area contributed by atoms with Crippen molar-refractivity contribution < 1.29 is 32.6 Å². The Hall–Kier alpha value is -3.94. The molecule has 164 valence electrons. The lowest BCUT2D eigenvalue weighted by atomic mass is 9.95. The van der Waals surface area contributed by atoms with Crippen LogP contribution in [0.2, 0.25) is 0 Å². The Labute approximate surface area is 182 Å². The Morgan fingerprint density at radius 1 is 1.09 bits per heavy atom. The number of carbonyl (C=O) groups is 2. The summed E-state index contributed by atoms with van der Waals surface area (Å²) >= 11 is 0. The highest BCUT2D eigenvalue weighted by Crippen LogP contribution is 2.43. The minimum absolute atomic E-state index is 0.109. The highest BCUT2D eigenvalue weighted by Gasteiger charge is 2.49. The van der Waals surface area contributed by atoms with Gasteiger partial charge in [0.1, 0.15) is 34.9 Å². The normalized spacial score (nSPS) is 17.8.